The van der Waals surface area contributed by atoms with Crippen LogP contribution in [-0.4, -0.2) is 204 Å². The van der Waals surface area contributed by atoms with E-state index in [4.69, 9.17) is 9.84 Å². The van der Waals surface area contributed by atoms with Gasteiger partial charge in [0.1, 0.15) is 5.60 Å². The Morgan fingerprint density at radius 3 is 1.10 bits per heavy atom. The summed E-state index contributed by atoms with van der Waals surface area (Å²) in [5.74, 6) is -0.146. The van der Waals surface area contributed by atoms with Gasteiger partial charge in [-0.3, -0.25) is 38.7 Å². The van der Waals surface area contributed by atoms with Crippen LogP contribution in [0.15, 0.2) is 103 Å². The van der Waals surface area contributed by atoms with Crippen LogP contribution in [0.25, 0.3) is 0 Å². The van der Waals surface area contributed by atoms with Gasteiger partial charge in [0, 0.05) is 140 Å². The molecule has 1 N–H and O–H groups in total. The molecule has 0 aliphatic carbocycles. The molecule has 0 aromatic heterocycles. The Labute approximate surface area is 647 Å². The number of carbonyl (C=O) groups is 7. The van der Waals surface area contributed by atoms with Gasteiger partial charge in [-0.25, -0.2) is 9.59 Å². The monoisotopic (exact) mass is 1480 g/mol. The molecule has 0 radical (unpaired) electrons. The normalized spacial score (nSPS) is 16.4. The molecule has 3 fully saturated rings. The Hall–Kier alpha value is -7.93. The summed E-state index contributed by atoms with van der Waals surface area (Å²) < 4.78 is 5.62. The molecule has 5 aromatic rings. The van der Waals surface area contributed by atoms with Crippen LogP contribution in [0, 0.1) is 37.0 Å². The Bertz CT molecular complexity index is 3820. The summed E-state index contributed by atoms with van der Waals surface area (Å²) in [6, 6.07) is 33.2. The topological polar surface area (TPSA) is 178 Å². The van der Waals surface area contributed by atoms with E-state index in [1.54, 1.807) is 21.9 Å². The van der Waals surface area contributed by atoms with Crippen molar-refractivity contribution >= 4 is 53.0 Å². The number of carboxylic acid groups (broad SMARTS) is 1. The van der Waals surface area contributed by atoms with Gasteiger partial charge in [0.05, 0.1) is 12.1 Å². The van der Waals surface area contributed by atoms with Crippen molar-refractivity contribution in [3.8, 4) is 0 Å². The number of aromatic carboxylic acids is 1. The Morgan fingerprint density at radius 2 is 0.731 bits per heavy atom. The molecule has 5 aromatic carbocycles. The van der Waals surface area contributed by atoms with Crippen molar-refractivity contribution in [2.75, 3.05) is 128 Å². The van der Waals surface area contributed by atoms with Crippen LogP contribution in [0.4, 0.5) is 16.2 Å². The number of nitrogens with zero attached hydrogens (tertiary/aromatic N) is 9. The average molecular weight is 1480 g/mol. The van der Waals surface area contributed by atoms with E-state index < -0.39 is 11.6 Å². The number of anilines is 2. The number of benzene rings is 5. The second-order valence-corrected chi connectivity index (χ2v) is 35.4. The highest BCUT2D eigenvalue weighted by Gasteiger charge is 2.32. The molecular formula is C90H131N9O9. The molecule has 108 heavy (non-hydrogen) atoms. The van der Waals surface area contributed by atoms with Crippen LogP contribution >= 0.6 is 0 Å². The lowest BCUT2D eigenvalue weighted by atomic mass is 9.92. The smallest absolute Gasteiger partial charge is 0.410 e. The Kier molecular flexibility index (Phi) is 31.4. The standard InChI is InChI=1S/C36H52N4O4.C32H45N3O2.C22H34N2O3/c1-27-25-29(16-15-28(27)12-10-14-32(41)38-21-19-37(20-22-38)18-17-35(2,3)4)33(42)40-24-23-39(34(43)44-36(5,6)7)26-30-11-8-9-13-31(30)40;1-25-24-28(31(37)35-18-8-7-11-27-10-5-6-13-29(27)35)16-15-26(25)12-9-14-30(36)34-22-20-33(21-23-34)19-17-32(2,3)4;1-17-16-19(21(26)27)9-8-18(17)6-5-7-20(25)24-14-12-23(13-15-24)11-10-22(2,3)4/h8-9,11,13,15-16,25H,10,12,14,17-24,26H2,1-7H3;5-6,10,13,15-16,24H,7-9,11-12,14,17-23H2,1-4H3;8-9,16H,5-7,10-15H2,1-4H3,(H,26,27). The van der Waals surface area contributed by atoms with E-state index in [1.807, 2.05) is 121 Å². The Balaban J connectivity index is 0.000000210. The van der Waals surface area contributed by atoms with Gasteiger partial charge in [-0.15, -0.1) is 0 Å². The predicted octanol–water partition coefficient (Wildman–Crippen LogP) is 15.8. The highest BCUT2D eigenvalue weighted by atomic mass is 16.6. The minimum atomic E-state index is -0.901. The molecule has 5 aliphatic rings. The second kappa shape index (κ2) is 39.6. The predicted molar refractivity (Wildman–Crippen MR) is 436 cm³/mol. The Morgan fingerprint density at radius 1 is 0.389 bits per heavy atom. The van der Waals surface area contributed by atoms with Gasteiger partial charge < -0.3 is 39.2 Å². The summed E-state index contributed by atoms with van der Waals surface area (Å²) in [4.78, 5) is 108. The summed E-state index contributed by atoms with van der Waals surface area (Å²) in [5, 5.41) is 9.03. The quantitative estimate of drug-likeness (QED) is 0.0736. The number of hydrogen-bond donors (Lipinski definition) is 1. The van der Waals surface area contributed by atoms with Crippen molar-refractivity contribution in [1.29, 1.82) is 0 Å². The van der Waals surface area contributed by atoms with Crippen molar-refractivity contribution < 1.29 is 43.4 Å². The number of ether oxygens (including phenoxy) is 1. The maximum absolute atomic E-state index is 13.8. The summed E-state index contributed by atoms with van der Waals surface area (Å²) in [5.41, 5.74) is 12.9. The highest BCUT2D eigenvalue weighted by Crippen LogP contribution is 2.32. The third-order valence-electron chi connectivity index (χ3n) is 21.7. The van der Waals surface area contributed by atoms with Crippen LogP contribution in [0.3, 0.4) is 0 Å². The molecule has 0 unspecified atom stereocenters. The fourth-order valence-corrected chi connectivity index (χ4v) is 14.7. The zero-order chi connectivity index (χ0) is 78.5. The lowest BCUT2D eigenvalue weighted by molar-refractivity contribution is -0.133. The molecule has 0 saturated carbocycles. The SMILES string of the molecule is Cc1cc(C(=O)N2CCCCc3ccccc32)ccc1CCCC(=O)N1CCN(CCC(C)(C)C)CC1.Cc1cc(C(=O)N2CCN(C(=O)OC(C)(C)C)Cc3ccccc32)ccc1CCCC(=O)N1CCN(CCC(C)(C)C)CC1.Cc1cc(C(=O)O)ccc1CCCC(=O)N1CCN(CCC(C)(C)C)CC1. The summed E-state index contributed by atoms with van der Waals surface area (Å²) >= 11 is 0. The van der Waals surface area contributed by atoms with Gasteiger partial charge in [-0.2, -0.15) is 0 Å². The largest absolute Gasteiger partial charge is 0.478 e. The molecule has 5 aliphatic heterocycles. The van der Waals surface area contributed by atoms with E-state index in [0.29, 0.717) is 66.3 Å². The number of amides is 6. The van der Waals surface area contributed by atoms with Crippen molar-refractivity contribution in [3.63, 3.8) is 0 Å². The molecule has 18 heteroatoms. The van der Waals surface area contributed by atoms with Crippen LogP contribution in [-0.2, 0) is 51.3 Å². The molecule has 10 rings (SSSR count). The van der Waals surface area contributed by atoms with E-state index in [-0.39, 0.29) is 35.6 Å². The van der Waals surface area contributed by atoms with Crippen LogP contribution in [0.5, 0.6) is 0 Å². The first-order chi connectivity index (χ1) is 51.1. The number of para-hydroxylation sites is 2. The first-order valence-corrected chi connectivity index (χ1v) is 40.4. The zero-order valence-corrected chi connectivity index (χ0v) is 68.6. The van der Waals surface area contributed by atoms with E-state index in [0.717, 1.165) is 213 Å². The average Bonchev–Trinajstić information content (AvgIpc) is 1.54. The molecule has 6 amide bonds. The number of fused-ring (bicyclic) bond motifs is 2. The van der Waals surface area contributed by atoms with Crippen LogP contribution in [0.1, 0.15) is 229 Å². The number of carboxylic acids is 1. The summed E-state index contributed by atoms with van der Waals surface area (Å²) in [6.07, 6.45) is 12.9. The molecule has 18 nitrogen and oxygen atoms in total. The lowest BCUT2D eigenvalue weighted by Crippen LogP contribution is -2.49. The van der Waals surface area contributed by atoms with Gasteiger partial charge in [-0.1, -0.05) is 117 Å². The van der Waals surface area contributed by atoms with Crippen molar-refractivity contribution in [1.82, 2.24) is 34.3 Å². The number of rotatable bonds is 21. The molecule has 0 atom stereocenters. The van der Waals surface area contributed by atoms with Gasteiger partial charge in [0.25, 0.3) is 11.8 Å². The third kappa shape index (κ3) is 27.3. The molecule has 590 valence electrons. The van der Waals surface area contributed by atoms with Crippen molar-refractivity contribution in [3.05, 3.63) is 164 Å². The highest BCUT2D eigenvalue weighted by molar-refractivity contribution is 6.07. The van der Waals surface area contributed by atoms with E-state index in [9.17, 15) is 33.6 Å². The molecule has 0 spiro atoms. The molecule has 0 bridgehead atoms. The van der Waals surface area contributed by atoms with Gasteiger partial charge >= 0.3 is 12.1 Å². The maximum atomic E-state index is 13.8. The first-order valence-electron chi connectivity index (χ1n) is 40.4. The number of hydrogen-bond acceptors (Lipinski definition) is 11. The van der Waals surface area contributed by atoms with Crippen molar-refractivity contribution in [2.24, 2.45) is 16.2 Å². The van der Waals surface area contributed by atoms with Crippen LogP contribution in [0.2, 0.25) is 0 Å². The minimum Gasteiger partial charge on any atom is -0.478 e. The summed E-state index contributed by atoms with van der Waals surface area (Å²) in [6.45, 7) is 48.1. The molecular weight excluding hydrogens is 1350 g/mol. The van der Waals surface area contributed by atoms with E-state index in [1.165, 1.54) is 30.4 Å². The molecule has 3 saturated heterocycles. The fraction of sp³-hybridized carbons (Fsp3) is 0.589. The van der Waals surface area contributed by atoms with Crippen LogP contribution < -0.4 is 9.80 Å². The minimum absolute atomic E-state index is 0.0841. The molecule has 5 heterocycles. The first kappa shape index (κ1) is 85.7. The zero-order valence-electron chi connectivity index (χ0n) is 68.6. The second-order valence-electron chi connectivity index (χ2n) is 35.4. The van der Waals surface area contributed by atoms with Crippen molar-refractivity contribution in [2.45, 2.75) is 212 Å². The van der Waals surface area contributed by atoms with Gasteiger partial charge in [0.2, 0.25) is 17.7 Å². The van der Waals surface area contributed by atoms with E-state index in [2.05, 4.69) is 108 Å². The lowest BCUT2D eigenvalue weighted by Gasteiger charge is -2.36. The van der Waals surface area contributed by atoms with Gasteiger partial charge in [-0.05, 0) is 248 Å². The fourth-order valence-electron chi connectivity index (χ4n) is 14.7. The number of piperazine rings is 3. The maximum Gasteiger partial charge on any atom is 0.410 e. The third-order valence-corrected chi connectivity index (χ3v) is 21.7. The van der Waals surface area contributed by atoms with E-state index >= 15 is 0 Å². The number of carbonyl (C=O) groups excluding carboxylic acids is 6. The number of aryl methyl sites for hydroxylation is 7. The van der Waals surface area contributed by atoms with Gasteiger partial charge in [0.15, 0.2) is 0 Å². The summed E-state index contributed by atoms with van der Waals surface area (Å²) in [7, 11) is 0.